The Kier molecular flexibility index (Phi) is 5.61. The van der Waals surface area contributed by atoms with Crippen LogP contribution in [0.5, 0.6) is 0 Å². The molecule has 0 saturated heterocycles. The molecule has 17 heavy (non-hydrogen) atoms. The van der Waals surface area contributed by atoms with Gasteiger partial charge in [0.15, 0.2) is 0 Å². The summed E-state index contributed by atoms with van der Waals surface area (Å²) in [4.78, 5) is 22.8. The Morgan fingerprint density at radius 2 is 1.65 bits per heavy atom. The van der Waals surface area contributed by atoms with Crippen molar-refractivity contribution < 1.29 is 19.4 Å². The van der Waals surface area contributed by atoms with E-state index in [0.717, 1.165) is 0 Å². The molecule has 0 aliphatic heterocycles. The fourth-order valence-electron chi connectivity index (χ4n) is 1.37. The van der Waals surface area contributed by atoms with Crippen molar-refractivity contribution in [2.24, 2.45) is 0 Å². The van der Waals surface area contributed by atoms with Crippen molar-refractivity contribution in [3.8, 4) is 0 Å². The van der Waals surface area contributed by atoms with E-state index in [0.29, 0.717) is 12.8 Å². The first-order valence-corrected chi connectivity index (χ1v) is 5.85. The van der Waals surface area contributed by atoms with Gasteiger partial charge in [-0.25, -0.2) is 4.79 Å². The van der Waals surface area contributed by atoms with E-state index in [9.17, 15) is 9.59 Å². The van der Waals surface area contributed by atoms with E-state index in [1.165, 1.54) is 0 Å². The molecule has 0 bridgehead atoms. The minimum Gasteiger partial charge on any atom is -0.480 e. The highest BCUT2D eigenvalue weighted by Gasteiger charge is 2.36. The fraction of sp³-hybridized carbons (Fsp3) is 0.833. The van der Waals surface area contributed by atoms with Crippen LogP contribution in [0.4, 0.5) is 0 Å². The van der Waals surface area contributed by atoms with Crippen LogP contribution in [0, 0.1) is 0 Å². The number of ether oxygens (including phenoxy) is 1. The summed E-state index contributed by atoms with van der Waals surface area (Å²) in [6.45, 7) is 8.86. The second kappa shape index (κ2) is 6.00. The van der Waals surface area contributed by atoms with E-state index in [2.05, 4.69) is 5.32 Å². The molecule has 0 aromatic carbocycles. The summed E-state index contributed by atoms with van der Waals surface area (Å²) < 4.78 is 5.30. The molecule has 0 heterocycles. The van der Waals surface area contributed by atoms with Gasteiger partial charge in [0.05, 0.1) is 5.60 Å². The Morgan fingerprint density at radius 3 is 1.94 bits per heavy atom. The first-order valence-electron chi connectivity index (χ1n) is 5.85. The molecular weight excluding hydrogens is 222 g/mol. The number of nitrogens with one attached hydrogen (secondary N) is 1. The monoisotopic (exact) mass is 245 g/mol. The normalized spacial score (nSPS) is 12.3. The van der Waals surface area contributed by atoms with Crippen molar-refractivity contribution in [1.82, 2.24) is 5.32 Å². The molecule has 0 fully saturated rings. The van der Waals surface area contributed by atoms with Gasteiger partial charge in [-0.05, 0) is 33.6 Å². The minimum absolute atomic E-state index is 0.126. The number of carbonyl (C=O) groups is 2. The summed E-state index contributed by atoms with van der Waals surface area (Å²) in [5.41, 5.74) is -1.60. The van der Waals surface area contributed by atoms with E-state index >= 15 is 0 Å². The highest BCUT2D eigenvalue weighted by Crippen LogP contribution is 2.15. The smallest absolute Gasteiger partial charge is 0.329 e. The molecule has 0 aromatic heterocycles. The van der Waals surface area contributed by atoms with Gasteiger partial charge in [-0.2, -0.15) is 0 Å². The Bertz CT molecular complexity index is 277. The third-order valence-electron chi connectivity index (χ3n) is 2.63. The zero-order chi connectivity index (χ0) is 13.7. The lowest BCUT2D eigenvalue weighted by atomic mass is 9.93. The quantitative estimate of drug-likeness (QED) is 0.744. The van der Waals surface area contributed by atoms with Crippen LogP contribution in [-0.2, 0) is 14.3 Å². The predicted molar refractivity (Wildman–Crippen MR) is 64.8 cm³/mol. The number of hydrogen-bond acceptors (Lipinski definition) is 3. The van der Waals surface area contributed by atoms with Crippen LogP contribution >= 0.6 is 0 Å². The molecule has 0 atom stereocenters. The first kappa shape index (κ1) is 15.9. The third kappa shape index (κ3) is 5.17. The Hall–Kier alpha value is -1.10. The van der Waals surface area contributed by atoms with Crippen molar-refractivity contribution in [3.63, 3.8) is 0 Å². The number of amides is 1. The Morgan fingerprint density at radius 1 is 1.18 bits per heavy atom. The van der Waals surface area contributed by atoms with Crippen molar-refractivity contribution in [2.75, 3.05) is 6.61 Å². The van der Waals surface area contributed by atoms with Crippen LogP contribution in [0.15, 0.2) is 0 Å². The van der Waals surface area contributed by atoms with Crippen LogP contribution in [0.25, 0.3) is 0 Å². The molecule has 0 spiro atoms. The molecule has 5 heteroatoms. The van der Waals surface area contributed by atoms with Gasteiger partial charge < -0.3 is 15.2 Å². The van der Waals surface area contributed by atoms with Crippen molar-refractivity contribution >= 4 is 11.9 Å². The van der Waals surface area contributed by atoms with Crippen LogP contribution in [0.2, 0.25) is 0 Å². The molecule has 0 aliphatic rings. The zero-order valence-electron chi connectivity index (χ0n) is 11.3. The van der Waals surface area contributed by atoms with E-state index in [-0.39, 0.29) is 6.61 Å². The van der Waals surface area contributed by atoms with Gasteiger partial charge in [-0.1, -0.05) is 13.8 Å². The van der Waals surface area contributed by atoms with E-state index in [4.69, 9.17) is 9.84 Å². The second-order valence-electron chi connectivity index (χ2n) is 5.04. The Balaban J connectivity index is 4.48. The molecule has 0 radical (unpaired) electrons. The van der Waals surface area contributed by atoms with Crippen LogP contribution in [0.1, 0.15) is 47.5 Å². The van der Waals surface area contributed by atoms with Crippen molar-refractivity contribution in [2.45, 2.75) is 58.6 Å². The number of carboxylic acid groups (broad SMARTS) is 1. The lowest BCUT2D eigenvalue weighted by molar-refractivity contribution is -0.149. The van der Waals surface area contributed by atoms with Gasteiger partial charge in [-0.15, -0.1) is 0 Å². The van der Waals surface area contributed by atoms with Gasteiger partial charge in [-0.3, -0.25) is 4.79 Å². The second-order valence-corrected chi connectivity index (χ2v) is 5.04. The van der Waals surface area contributed by atoms with Gasteiger partial charge >= 0.3 is 5.97 Å². The molecule has 0 unspecified atom stereocenters. The zero-order valence-corrected chi connectivity index (χ0v) is 11.3. The molecule has 1 amide bonds. The summed E-state index contributed by atoms with van der Waals surface area (Å²) in [5.74, 6) is -1.40. The largest absolute Gasteiger partial charge is 0.480 e. The molecule has 2 N–H and O–H groups in total. The average Bonchev–Trinajstić information content (AvgIpc) is 2.22. The molecule has 0 rings (SSSR count). The average molecular weight is 245 g/mol. The van der Waals surface area contributed by atoms with E-state index in [1.54, 1.807) is 13.8 Å². The fourth-order valence-corrected chi connectivity index (χ4v) is 1.37. The first-order chi connectivity index (χ1) is 7.67. The maximum Gasteiger partial charge on any atom is 0.329 e. The molecule has 0 saturated carbocycles. The summed E-state index contributed by atoms with van der Waals surface area (Å²) in [6.07, 6.45) is 0.695. The molecule has 5 nitrogen and oxygen atoms in total. The standard InChI is InChI=1S/C12H23NO4/c1-6-12(7-2,10(15)16)13-9(14)8-17-11(3,4)5/h6-8H2,1-5H3,(H,13,14)(H,15,16). The van der Waals surface area contributed by atoms with Crippen LogP contribution < -0.4 is 5.32 Å². The molecule has 0 aromatic rings. The van der Waals surface area contributed by atoms with Gasteiger partial charge in [0, 0.05) is 0 Å². The van der Waals surface area contributed by atoms with Crippen molar-refractivity contribution in [3.05, 3.63) is 0 Å². The van der Waals surface area contributed by atoms with Gasteiger partial charge in [0.25, 0.3) is 0 Å². The molecular formula is C12H23NO4. The lowest BCUT2D eigenvalue weighted by Crippen LogP contribution is -2.54. The number of rotatable bonds is 6. The summed E-state index contributed by atoms with van der Waals surface area (Å²) >= 11 is 0. The minimum atomic E-state index is -1.18. The predicted octanol–water partition coefficient (Wildman–Crippen LogP) is 1.56. The Labute approximate surface area is 103 Å². The van der Waals surface area contributed by atoms with Crippen molar-refractivity contribution in [1.29, 1.82) is 0 Å². The summed E-state index contributed by atoms with van der Waals surface area (Å²) in [6, 6.07) is 0. The number of aliphatic carboxylic acids is 1. The summed E-state index contributed by atoms with van der Waals surface area (Å²) in [5, 5.41) is 11.7. The van der Waals surface area contributed by atoms with E-state index in [1.807, 2.05) is 20.8 Å². The van der Waals surface area contributed by atoms with Crippen LogP contribution in [0.3, 0.4) is 0 Å². The molecule has 100 valence electrons. The summed E-state index contributed by atoms with van der Waals surface area (Å²) in [7, 11) is 0. The van der Waals surface area contributed by atoms with Crippen LogP contribution in [-0.4, -0.2) is 34.7 Å². The van der Waals surface area contributed by atoms with Gasteiger partial charge in [0.2, 0.25) is 5.91 Å². The molecule has 0 aliphatic carbocycles. The number of hydrogen-bond donors (Lipinski definition) is 2. The maximum atomic E-state index is 11.6. The SMILES string of the molecule is CCC(CC)(NC(=O)COC(C)(C)C)C(=O)O. The van der Waals surface area contributed by atoms with Gasteiger partial charge in [0.1, 0.15) is 12.1 Å². The number of carboxylic acids is 1. The highest BCUT2D eigenvalue weighted by molar-refractivity contribution is 5.87. The highest BCUT2D eigenvalue weighted by atomic mass is 16.5. The lowest BCUT2D eigenvalue weighted by Gasteiger charge is -2.28. The van der Waals surface area contributed by atoms with E-state index < -0.39 is 23.0 Å². The number of carbonyl (C=O) groups excluding carboxylic acids is 1. The third-order valence-corrected chi connectivity index (χ3v) is 2.63. The maximum absolute atomic E-state index is 11.6. The topological polar surface area (TPSA) is 75.6 Å².